The number of pyridine rings is 1. The standard InChI is InChI=1S/C10H9BrN2O2/c11-8-1-2-9(13-6-8)12-5-7-3-4-15-10(7)14/h1-2,5-6H,3-4H2,(H,12,13). The van der Waals surface area contributed by atoms with Crippen LogP contribution in [0.1, 0.15) is 6.42 Å². The van der Waals surface area contributed by atoms with E-state index in [0.717, 1.165) is 4.47 Å². The van der Waals surface area contributed by atoms with Crippen molar-refractivity contribution in [2.24, 2.45) is 0 Å². The van der Waals surface area contributed by atoms with Gasteiger partial charge in [-0.2, -0.15) is 0 Å². The lowest BCUT2D eigenvalue weighted by molar-refractivity contribution is -0.135. The van der Waals surface area contributed by atoms with Crippen molar-refractivity contribution < 1.29 is 9.53 Å². The Morgan fingerprint density at radius 3 is 3.00 bits per heavy atom. The van der Waals surface area contributed by atoms with Crippen molar-refractivity contribution in [1.29, 1.82) is 0 Å². The summed E-state index contributed by atoms with van der Waals surface area (Å²) in [6.45, 7) is 0.472. The van der Waals surface area contributed by atoms with Gasteiger partial charge in [-0.15, -0.1) is 0 Å². The molecule has 0 spiro atoms. The summed E-state index contributed by atoms with van der Waals surface area (Å²) < 4.78 is 5.72. The molecule has 0 aliphatic carbocycles. The van der Waals surface area contributed by atoms with Crippen molar-refractivity contribution in [1.82, 2.24) is 4.98 Å². The molecule has 0 aromatic carbocycles. The maximum atomic E-state index is 11.1. The molecule has 1 saturated heterocycles. The predicted octanol–water partition coefficient (Wildman–Crippen LogP) is 2.09. The van der Waals surface area contributed by atoms with Gasteiger partial charge in [0.2, 0.25) is 0 Å². The quantitative estimate of drug-likeness (QED) is 0.659. The Balaban J connectivity index is 2.03. The average molecular weight is 269 g/mol. The van der Waals surface area contributed by atoms with Crippen molar-refractivity contribution in [3.8, 4) is 0 Å². The van der Waals surface area contributed by atoms with Crippen LogP contribution in [0.15, 0.2) is 34.6 Å². The van der Waals surface area contributed by atoms with Gasteiger partial charge in [-0.25, -0.2) is 9.78 Å². The Bertz CT molecular complexity index is 400. The van der Waals surface area contributed by atoms with Crippen LogP contribution < -0.4 is 5.32 Å². The smallest absolute Gasteiger partial charge is 0.335 e. The average Bonchev–Trinajstić information content (AvgIpc) is 2.63. The van der Waals surface area contributed by atoms with E-state index < -0.39 is 0 Å². The van der Waals surface area contributed by atoms with Crippen molar-refractivity contribution in [3.63, 3.8) is 0 Å². The van der Waals surface area contributed by atoms with Gasteiger partial charge in [0.25, 0.3) is 0 Å². The molecule has 1 fully saturated rings. The fourth-order valence-electron chi connectivity index (χ4n) is 1.20. The minimum Gasteiger partial charge on any atom is -0.462 e. The summed E-state index contributed by atoms with van der Waals surface area (Å²) in [7, 11) is 0. The lowest BCUT2D eigenvalue weighted by atomic mass is 10.2. The third kappa shape index (κ3) is 2.56. The van der Waals surface area contributed by atoms with Crippen LogP contribution in [0, 0.1) is 0 Å². The summed E-state index contributed by atoms with van der Waals surface area (Å²) in [5, 5.41) is 2.95. The highest BCUT2D eigenvalue weighted by Gasteiger charge is 2.17. The van der Waals surface area contributed by atoms with E-state index >= 15 is 0 Å². The molecule has 2 rings (SSSR count). The fourth-order valence-corrected chi connectivity index (χ4v) is 1.44. The van der Waals surface area contributed by atoms with E-state index in [4.69, 9.17) is 4.74 Å². The molecule has 0 radical (unpaired) electrons. The van der Waals surface area contributed by atoms with Crippen LogP contribution in [0.5, 0.6) is 0 Å². The van der Waals surface area contributed by atoms with Gasteiger partial charge in [0.1, 0.15) is 5.82 Å². The van der Waals surface area contributed by atoms with E-state index in [-0.39, 0.29) is 5.97 Å². The molecule has 0 atom stereocenters. The summed E-state index contributed by atoms with van der Waals surface area (Å²) in [5.74, 6) is 0.449. The van der Waals surface area contributed by atoms with Crippen molar-refractivity contribution >= 4 is 27.7 Å². The molecule has 1 aromatic rings. The highest BCUT2D eigenvalue weighted by atomic mass is 79.9. The van der Waals surface area contributed by atoms with Crippen LogP contribution in [0.2, 0.25) is 0 Å². The van der Waals surface area contributed by atoms with Crippen LogP contribution >= 0.6 is 15.9 Å². The first-order valence-corrected chi connectivity index (χ1v) is 5.29. The second-order valence-corrected chi connectivity index (χ2v) is 3.98. The Hall–Kier alpha value is -1.36. The van der Waals surface area contributed by atoms with Gasteiger partial charge < -0.3 is 10.1 Å². The number of nitrogens with zero attached hydrogens (tertiary/aromatic N) is 1. The molecule has 1 aromatic heterocycles. The highest BCUT2D eigenvalue weighted by Crippen LogP contribution is 2.14. The van der Waals surface area contributed by atoms with Gasteiger partial charge in [-0.1, -0.05) is 0 Å². The summed E-state index contributed by atoms with van der Waals surface area (Å²) in [6.07, 6.45) is 3.99. The van der Waals surface area contributed by atoms with E-state index in [9.17, 15) is 4.79 Å². The monoisotopic (exact) mass is 268 g/mol. The highest BCUT2D eigenvalue weighted by molar-refractivity contribution is 9.10. The number of nitrogens with one attached hydrogen (secondary N) is 1. The van der Waals surface area contributed by atoms with Crippen molar-refractivity contribution in [3.05, 3.63) is 34.6 Å². The number of cyclic esters (lactones) is 1. The Kier molecular flexibility index (Phi) is 3.01. The third-order valence-corrected chi connectivity index (χ3v) is 2.46. The molecule has 0 bridgehead atoms. The number of hydrogen-bond donors (Lipinski definition) is 1. The van der Waals surface area contributed by atoms with Crippen LogP contribution in [0.25, 0.3) is 0 Å². The van der Waals surface area contributed by atoms with E-state index in [0.29, 0.717) is 24.4 Å². The number of hydrogen-bond acceptors (Lipinski definition) is 4. The summed E-state index contributed by atoms with van der Waals surface area (Å²) in [6, 6.07) is 3.70. The number of aromatic nitrogens is 1. The minimum absolute atomic E-state index is 0.250. The lowest BCUT2D eigenvalue weighted by Gasteiger charge is -1.99. The molecular weight excluding hydrogens is 260 g/mol. The van der Waals surface area contributed by atoms with Gasteiger partial charge in [0.15, 0.2) is 0 Å². The van der Waals surface area contributed by atoms with Gasteiger partial charge in [-0.05, 0) is 28.1 Å². The predicted molar refractivity (Wildman–Crippen MR) is 59.2 cm³/mol. The van der Waals surface area contributed by atoms with Crippen molar-refractivity contribution in [2.45, 2.75) is 6.42 Å². The molecule has 4 nitrogen and oxygen atoms in total. The van der Waals surface area contributed by atoms with Gasteiger partial charge in [-0.3, -0.25) is 0 Å². The molecular formula is C10H9BrN2O2. The minimum atomic E-state index is -0.250. The van der Waals surface area contributed by atoms with E-state index in [1.54, 1.807) is 12.4 Å². The Morgan fingerprint density at radius 1 is 1.53 bits per heavy atom. The third-order valence-electron chi connectivity index (χ3n) is 1.99. The Morgan fingerprint density at radius 2 is 2.40 bits per heavy atom. The molecule has 78 valence electrons. The molecule has 1 N–H and O–H groups in total. The van der Waals surface area contributed by atoms with Gasteiger partial charge >= 0.3 is 5.97 Å². The molecule has 0 amide bonds. The lowest BCUT2D eigenvalue weighted by Crippen LogP contribution is -1.99. The van der Waals surface area contributed by atoms with Crippen LogP contribution in [-0.2, 0) is 9.53 Å². The number of carbonyl (C=O) groups is 1. The molecule has 1 aliphatic heterocycles. The molecule has 0 unspecified atom stereocenters. The molecule has 1 aliphatic rings. The zero-order chi connectivity index (χ0) is 10.7. The zero-order valence-corrected chi connectivity index (χ0v) is 9.45. The Labute approximate surface area is 95.5 Å². The molecule has 0 saturated carbocycles. The van der Waals surface area contributed by atoms with Crippen molar-refractivity contribution in [2.75, 3.05) is 11.9 Å². The SMILES string of the molecule is O=C1OCCC1=CNc1ccc(Br)cn1. The van der Waals surface area contributed by atoms with E-state index in [2.05, 4.69) is 26.2 Å². The summed E-state index contributed by atoms with van der Waals surface area (Å²) >= 11 is 3.29. The zero-order valence-electron chi connectivity index (χ0n) is 7.87. The molecule has 15 heavy (non-hydrogen) atoms. The number of halogens is 1. The second kappa shape index (κ2) is 4.44. The topological polar surface area (TPSA) is 51.2 Å². The number of anilines is 1. The normalized spacial score (nSPS) is 17.9. The maximum absolute atomic E-state index is 11.1. The number of carbonyl (C=O) groups excluding carboxylic acids is 1. The summed E-state index contributed by atoms with van der Waals surface area (Å²) in [4.78, 5) is 15.2. The fraction of sp³-hybridized carbons (Fsp3) is 0.200. The number of ether oxygens (including phenoxy) is 1. The van der Waals surface area contributed by atoms with Gasteiger partial charge in [0, 0.05) is 23.3 Å². The first kappa shape index (κ1) is 10.2. The van der Waals surface area contributed by atoms with E-state index in [1.807, 2.05) is 12.1 Å². The first-order valence-electron chi connectivity index (χ1n) is 4.50. The summed E-state index contributed by atoms with van der Waals surface area (Å²) in [5.41, 5.74) is 0.653. The van der Waals surface area contributed by atoms with E-state index in [1.165, 1.54) is 0 Å². The molecule has 2 heterocycles. The number of rotatable bonds is 2. The number of esters is 1. The van der Waals surface area contributed by atoms with Gasteiger partial charge in [0.05, 0.1) is 12.2 Å². The van der Waals surface area contributed by atoms with Crippen LogP contribution in [-0.4, -0.2) is 17.6 Å². The first-order chi connectivity index (χ1) is 7.25. The maximum Gasteiger partial charge on any atom is 0.335 e. The van der Waals surface area contributed by atoms with Crippen LogP contribution in [0.3, 0.4) is 0 Å². The molecule has 5 heteroatoms. The van der Waals surface area contributed by atoms with Crippen LogP contribution in [0.4, 0.5) is 5.82 Å². The largest absolute Gasteiger partial charge is 0.462 e. The second-order valence-electron chi connectivity index (χ2n) is 3.06.